The number of rotatable bonds is 7. The van der Waals surface area contributed by atoms with Gasteiger partial charge in [-0.25, -0.2) is 4.79 Å². The largest absolute Gasteiger partial charge is 0.434 e. The van der Waals surface area contributed by atoms with E-state index in [4.69, 9.17) is 0 Å². The van der Waals surface area contributed by atoms with E-state index in [0.717, 1.165) is 0 Å². The van der Waals surface area contributed by atoms with Gasteiger partial charge in [-0.05, 0) is 13.0 Å². The minimum absolute atomic E-state index is 0.157. The van der Waals surface area contributed by atoms with E-state index in [0.29, 0.717) is 18.7 Å². The number of carbonyl (C=O) groups is 1. The van der Waals surface area contributed by atoms with Crippen molar-refractivity contribution in [2.45, 2.75) is 19.6 Å². The van der Waals surface area contributed by atoms with Crippen LogP contribution in [0, 0.1) is 0 Å². The van der Waals surface area contributed by atoms with Crippen LogP contribution in [0.25, 0.3) is 0 Å². The zero-order valence-corrected chi connectivity index (χ0v) is 12.4. The molecule has 0 aliphatic rings. The molecule has 1 aromatic rings. The number of carbonyl (C=O) groups excluding carboxylic acids is 1. The van der Waals surface area contributed by atoms with Gasteiger partial charge in [0.2, 0.25) is 0 Å². The van der Waals surface area contributed by atoms with Crippen molar-refractivity contribution in [2.24, 2.45) is 0 Å². The van der Waals surface area contributed by atoms with Crippen LogP contribution in [0.5, 0.6) is 5.75 Å². The molecule has 2 N–H and O–H groups in total. The number of para-hydroxylation sites is 1. The summed E-state index contributed by atoms with van der Waals surface area (Å²) >= 11 is 0. The lowest BCUT2D eigenvalue weighted by atomic mass is 10.1. The van der Waals surface area contributed by atoms with Gasteiger partial charge in [0, 0.05) is 38.8 Å². The summed E-state index contributed by atoms with van der Waals surface area (Å²) in [5.74, 6) is 0.157. The molecule has 0 heterocycles. The molecule has 0 saturated carbocycles. The first kappa shape index (κ1) is 17.2. The average Bonchev–Trinajstić information content (AvgIpc) is 2.42. The Morgan fingerprint density at radius 1 is 1.29 bits per heavy atom. The van der Waals surface area contributed by atoms with Gasteiger partial charge in [-0.3, -0.25) is 0 Å². The fourth-order valence-corrected chi connectivity index (χ4v) is 1.77. The summed E-state index contributed by atoms with van der Waals surface area (Å²) < 4.78 is 29.2. The van der Waals surface area contributed by atoms with E-state index >= 15 is 0 Å². The molecule has 21 heavy (non-hydrogen) atoms. The molecule has 0 bridgehead atoms. The molecular formula is C14H21F2N3O2. The minimum Gasteiger partial charge on any atom is -0.434 e. The summed E-state index contributed by atoms with van der Waals surface area (Å²) in [6, 6.07) is 6.30. The number of nitrogens with one attached hydrogen (secondary N) is 2. The van der Waals surface area contributed by atoms with E-state index in [1.165, 1.54) is 11.0 Å². The number of benzene rings is 1. The lowest BCUT2D eigenvalue weighted by molar-refractivity contribution is -0.0506. The standard InChI is InChI=1S/C14H21F2N3O2/c1-10(17-8-9-18-14(20)19(2)3)11-6-4-5-7-12(11)21-13(15)16/h4-7,10,13,17H,8-9H2,1-3H3,(H,18,20). The van der Waals surface area contributed by atoms with Crippen molar-refractivity contribution in [1.82, 2.24) is 15.5 Å². The first-order valence-corrected chi connectivity index (χ1v) is 6.64. The van der Waals surface area contributed by atoms with Gasteiger partial charge in [0.25, 0.3) is 0 Å². The number of halogens is 2. The molecule has 0 spiro atoms. The summed E-state index contributed by atoms with van der Waals surface area (Å²) in [6.45, 7) is -0.0394. The van der Waals surface area contributed by atoms with Crippen LogP contribution in [0.2, 0.25) is 0 Å². The summed E-state index contributed by atoms with van der Waals surface area (Å²) in [4.78, 5) is 12.8. The van der Waals surface area contributed by atoms with Crippen molar-refractivity contribution >= 4 is 6.03 Å². The molecule has 7 heteroatoms. The normalized spacial score (nSPS) is 12.1. The lowest BCUT2D eigenvalue weighted by Crippen LogP contribution is -2.38. The number of nitrogens with zero attached hydrogens (tertiary/aromatic N) is 1. The second-order valence-corrected chi connectivity index (χ2v) is 4.72. The molecule has 0 aromatic heterocycles. The molecule has 0 aliphatic carbocycles. The number of ether oxygens (including phenoxy) is 1. The highest BCUT2D eigenvalue weighted by atomic mass is 19.3. The molecule has 0 fully saturated rings. The Bertz CT molecular complexity index is 456. The lowest BCUT2D eigenvalue weighted by Gasteiger charge is -2.18. The van der Waals surface area contributed by atoms with Crippen LogP contribution >= 0.6 is 0 Å². The van der Waals surface area contributed by atoms with Gasteiger partial charge in [-0.15, -0.1) is 0 Å². The third-order valence-electron chi connectivity index (χ3n) is 2.86. The van der Waals surface area contributed by atoms with Crippen molar-refractivity contribution in [3.05, 3.63) is 29.8 Å². The fourth-order valence-electron chi connectivity index (χ4n) is 1.77. The SMILES string of the molecule is CC(NCCNC(=O)N(C)C)c1ccccc1OC(F)F. The molecule has 1 atom stereocenters. The van der Waals surface area contributed by atoms with Crippen LogP contribution in [-0.2, 0) is 0 Å². The number of amides is 2. The van der Waals surface area contributed by atoms with Crippen molar-refractivity contribution in [3.8, 4) is 5.75 Å². The Hall–Kier alpha value is -1.89. The highest BCUT2D eigenvalue weighted by molar-refractivity contribution is 5.73. The fraction of sp³-hybridized carbons (Fsp3) is 0.500. The van der Waals surface area contributed by atoms with Crippen LogP contribution in [0.1, 0.15) is 18.5 Å². The zero-order valence-electron chi connectivity index (χ0n) is 12.4. The highest BCUT2D eigenvalue weighted by Crippen LogP contribution is 2.25. The second kappa shape index (κ2) is 8.41. The van der Waals surface area contributed by atoms with E-state index in [9.17, 15) is 13.6 Å². The van der Waals surface area contributed by atoms with Crippen molar-refractivity contribution in [2.75, 3.05) is 27.2 Å². The number of hydrogen-bond acceptors (Lipinski definition) is 3. The second-order valence-electron chi connectivity index (χ2n) is 4.72. The Balaban J connectivity index is 2.48. The molecule has 0 aliphatic heterocycles. The van der Waals surface area contributed by atoms with Crippen LogP contribution < -0.4 is 15.4 Å². The maximum Gasteiger partial charge on any atom is 0.387 e. The molecule has 1 aromatic carbocycles. The van der Waals surface area contributed by atoms with Crippen LogP contribution in [0.4, 0.5) is 13.6 Å². The van der Waals surface area contributed by atoms with Crippen molar-refractivity contribution in [3.63, 3.8) is 0 Å². The van der Waals surface area contributed by atoms with Crippen molar-refractivity contribution < 1.29 is 18.3 Å². The zero-order chi connectivity index (χ0) is 15.8. The number of alkyl halides is 2. The highest BCUT2D eigenvalue weighted by Gasteiger charge is 2.14. The third kappa shape index (κ3) is 5.95. The van der Waals surface area contributed by atoms with Gasteiger partial charge in [0.1, 0.15) is 5.75 Å². The number of hydrogen-bond donors (Lipinski definition) is 2. The van der Waals surface area contributed by atoms with Gasteiger partial charge in [-0.1, -0.05) is 18.2 Å². The van der Waals surface area contributed by atoms with E-state index in [-0.39, 0.29) is 17.8 Å². The van der Waals surface area contributed by atoms with Crippen LogP contribution in [0.3, 0.4) is 0 Å². The Kier molecular flexibility index (Phi) is 6.87. The molecule has 118 valence electrons. The van der Waals surface area contributed by atoms with E-state index in [1.54, 1.807) is 32.3 Å². The Morgan fingerprint density at radius 2 is 1.95 bits per heavy atom. The summed E-state index contributed by atoms with van der Waals surface area (Å²) in [5, 5.41) is 5.86. The third-order valence-corrected chi connectivity index (χ3v) is 2.86. The maximum atomic E-state index is 12.3. The predicted molar refractivity (Wildman–Crippen MR) is 76.6 cm³/mol. The molecule has 0 radical (unpaired) electrons. The minimum atomic E-state index is -2.85. The Labute approximate surface area is 123 Å². The van der Waals surface area contributed by atoms with Gasteiger partial charge in [0.15, 0.2) is 0 Å². The first-order chi connectivity index (χ1) is 9.91. The predicted octanol–water partition coefficient (Wildman–Crippen LogP) is 2.21. The molecular weight excluding hydrogens is 280 g/mol. The molecule has 0 saturated heterocycles. The summed E-state index contributed by atoms with van der Waals surface area (Å²) in [7, 11) is 3.31. The summed E-state index contributed by atoms with van der Waals surface area (Å²) in [6.07, 6.45) is 0. The smallest absolute Gasteiger partial charge is 0.387 e. The monoisotopic (exact) mass is 301 g/mol. The van der Waals surface area contributed by atoms with E-state index in [2.05, 4.69) is 15.4 Å². The quantitative estimate of drug-likeness (QED) is 0.759. The molecule has 2 amide bonds. The van der Waals surface area contributed by atoms with Gasteiger partial charge in [-0.2, -0.15) is 8.78 Å². The topological polar surface area (TPSA) is 53.6 Å². The van der Waals surface area contributed by atoms with Crippen LogP contribution in [-0.4, -0.2) is 44.7 Å². The maximum absolute atomic E-state index is 12.3. The van der Waals surface area contributed by atoms with Crippen LogP contribution in [0.15, 0.2) is 24.3 Å². The molecule has 1 unspecified atom stereocenters. The number of urea groups is 1. The van der Waals surface area contributed by atoms with E-state index < -0.39 is 6.61 Å². The Morgan fingerprint density at radius 3 is 2.57 bits per heavy atom. The van der Waals surface area contributed by atoms with Crippen molar-refractivity contribution in [1.29, 1.82) is 0 Å². The first-order valence-electron chi connectivity index (χ1n) is 6.64. The van der Waals surface area contributed by atoms with E-state index in [1.807, 2.05) is 6.92 Å². The molecule has 5 nitrogen and oxygen atoms in total. The summed E-state index contributed by atoms with van der Waals surface area (Å²) in [5.41, 5.74) is 0.650. The average molecular weight is 301 g/mol. The van der Waals surface area contributed by atoms with Gasteiger partial charge >= 0.3 is 12.6 Å². The van der Waals surface area contributed by atoms with Gasteiger partial charge in [0.05, 0.1) is 0 Å². The molecule has 1 rings (SSSR count). The van der Waals surface area contributed by atoms with Gasteiger partial charge < -0.3 is 20.3 Å².